The van der Waals surface area contributed by atoms with Crippen LogP contribution in [0.1, 0.15) is 10.4 Å². The van der Waals surface area contributed by atoms with Crippen molar-refractivity contribution < 1.29 is 24.5 Å². The van der Waals surface area contributed by atoms with Gasteiger partial charge in [0.1, 0.15) is 17.2 Å². The number of para-hydroxylation sites is 1. The second-order valence-corrected chi connectivity index (χ2v) is 4.83. The van der Waals surface area contributed by atoms with Gasteiger partial charge in [-0.15, -0.1) is 0 Å². The second-order valence-electron chi connectivity index (χ2n) is 4.42. The Hall–Kier alpha value is -2.93. The van der Waals surface area contributed by atoms with E-state index in [1.54, 1.807) is 24.3 Å². The first-order valence-corrected chi connectivity index (χ1v) is 6.83. The van der Waals surface area contributed by atoms with E-state index in [1.807, 2.05) is 0 Å². The fraction of sp³-hybridized carbons (Fsp3) is 0.0667. The standard InChI is InChI=1S/C15H13ClN2O5/c16-11-3-1-2-4-13(11)23-8-14(21)17-18-15(22)10-6-5-9(19)7-12(10)20/h1-7,19-20H,8H2,(H,17,21)(H,18,22). The number of carbonyl (C=O) groups is 2. The molecule has 0 aromatic heterocycles. The normalized spacial score (nSPS) is 9.96. The predicted molar refractivity (Wildman–Crippen MR) is 82.3 cm³/mol. The van der Waals surface area contributed by atoms with Gasteiger partial charge in [0.15, 0.2) is 6.61 Å². The van der Waals surface area contributed by atoms with Crippen LogP contribution in [-0.4, -0.2) is 28.6 Å². The van der Waals surface area contributed by atoms with E-state index >= 15 is 0 Å². The Morgan fingerprint density at radius 2 is 1.83 bits per heavy atom. The lowest BCUT2D eigenvalue weighted by atomic mass is 10.2. The van der Waals surface area contributed by atoms with E-state index in [4.69, 9.17) is 21.4 Å². The Bertz CT molecular complexity index is 736. The van der Waals surface area contributed by atoms with Crippen molar-refractivity contribution in [3.05, 3.63) is 53.1 Å². The number of ether oxygens (including phenoxy) is 1. The molecule has 0 bridgehead atoms. The van der Waals surface area contributed by atoms with Gasteiger partial charge in [-0.25, -0.2) is 0 Å². The van der Waals surface area contributed by atoms with Gasteiger partial charge in [-0.3, -0.25) is 20.4 Å². The first-order chi connectivity index (χ1) is 11.0. The highest BCUT2D eigenvalue weighted by molar-refractivity contribution is 6.32. The average molecular weight is 337 g/mol. The molecule has 0 fully saturated rings. The monoisotopic (exact) mass is 336 g/mol. The molecule has 0 unspecified atom stereocenters. The van der Waals surface area contributed by atoms with Crippen molar-refractivity contribution in [1.82, 2.24) is 10.9 Å². The molecule has 0 aliphatic rings. The third-order valence-corrected chi connectivity index (χ3v) is 3.05. The number of carbonyl (C=O) groups excluding carboxylic acids is 2. The van der Waals surface area contributed by atoms with Gasteiger partial charge in [0.05, 0.1) is 10.6 Å². The SMILES string of the molecule is O=C(COc1ccccc1Cl)NNC(=O)c1ccc(O)cc1O. The Kier molecular flexibility index (Phi) is 5.27. The summed E-state index contributed by atoms with van der Waals surface area (Å²) >= 11 is 5.87. The number of amides is 2. The molecule has 0 aliphatic heterocycles. The van der Waals surface area contributed by atoms with Crippen LogP contribution in [-0.2, 0) is 4.79 Å². The molecule has 23 heavy (non-hydrogen) atoms. The molecule has 0 radical (unpaired) electrons. The summed E-state index contributed by atoms with van der Waals surface area (Å²) < 4.78 is 5.20. The second kappa shape index (κ2) is 7.37. The minimum atomic E-state index is -0.742. The Morgan fingerprint density at radius 1 is 1.09 bits per heavy atom. The molecule has 0 saturated heterocycles. The van der Waals surface area contributed by atoms with Crippen LogP contribution in [0.2, 0.25) is 5.02 Å². The number of phenols is 2. The third-order valence-electron chi connectivity index (χ3n) is 2.74. The van der Waals surface area contributed by atoms with E-state index in [9.17, 15) is 14.7 Å². The molecule has 0 heterocycles. The number of aromatic hydroxyl groups is 2. The number of hydrogen-bond donors (Lipinski definition) is 4. The van der Waals surface area contributed by atoms with Crippen LogP contribution >= 0.6 is 11.6 Å². The molecular formula is C15H13ClN2O5. The molecule has 7 nitrogen and oxygen atoms in total. The van der Waals surface area contributed by atoms with Crippen molar-refractivity contribution in [2.75, 3.05) is 6.61 Å². The zero-order chi connectivity index (χ0) is 16.8. The van der Waals surface area contributed by atoms with E-state index < -0.39 is 17.6 Å². The lowest BCUT2D eigenvalue weighted by Gasteiger charge is -2.10. The van der Waals surface area contributed by atoms with Gasteiger partial charge in [-0.1, -0.05) is 23.7 Å². The molecule has 2 aromatic carbocycles. The highest BCUT2D eigenvalue weighted by Gasteiger charge is 2.13. The van der Waals surface area contributed by atoms with E-state index in [-0.39, 0.29) is 17.9 Å². The fourth-order valence-electron chi connectivity index (χ4n) is 1.65. The van der Waals surface area contributed by atoms with Crippen molar-refractivity contribution in [2.24, 2.45) is 0 Å². The molecule has 2 rings (SSSR count). The van der Waals surface area contributed by atoms with Crippen LogP contribution in [0.5, 0.6) is 17.2 Å². The third kappa shape index (κ3) is 4.52. The molecule has 0 spiro atoms. The van der Waals surface area contributed by atoms with Gasteiger partial charge in [-0.05, 0) is 24.3 Å². The Labute approximate surface area is 136 Å². The van der Waals surface area contributed by atoms with Gasteiger partial charge in [0, 0.05) is 6.07 Å². The maximum Gasteiger partial charge on any atom is 0.276 e. The van der Waals surface area contributed by atoms with Gasteiger partial charge in [-0.2, -0.15) is 0 Å². The van der Waals surface area contributed by atoms with Crippen molar-refractivity contribution in [1.29, 1.82) is 0 Å². The average Bonchev–Trinajstić information content (AvgIpc) is 2.52. The molecule has 0 aliphatic carbocycles. The minimum absolute atomic E-state index is 0.102. The Balaban J connectivity index is 1.84. The van der Waals surface area contributed by atoms with Crippen LogP contribution < -0.4 is 15.6 Å². The molecule has 0 atom stereocenters. The molecule has 2 amide bonds. The quantitative estimate of drug-likeness (QED) is 0.634. The lowest BCUT2D eigenvalue weighted by Crippen LogP contribution is -2.43. The van der Waals surface area contributed by atoms with E-state index in [0.717, 1.165) is 6.07 Å². The van der Waals surface area contributed by atoms with Crippen LogP contribution in [0.15, 0.2) is 42.5 Å². The van der Waals surface area contributed by atoms with E-state index in [1.165, 1.54) is 12.1 Å². The first kappa shape index (κ1) is 16.4. The molecule has 2 aromatic rings. The summed E-state index contributed by atoms with van der Waals surface area (Å²) in [6.07, 6.45) is 0. The number of hydrogen-bond acceptors (Lipinski definition) is 5. The molecule has 4 N–H and O–H groups in total. The number of phenolic OH excluding ortho intramolecular Hbond substituents is 2. The summed E-state index contributed by atoms with van der Waals surface area (Å²) in [6.45, 7) is -0.356. The van der Waals surface area contributed by atoms with Crippen molar-refractivity contribution in [3.63, 3.8) is 0 Å². The van der Waals surface area contributed by atoms with Gasteiger partial charge >= 0.3 is 0 Å². The fourth-order valence-corrected chi connectivity index (χ4v) is 1.84. The van der Waals surface area contributed by atoms with E-state index in [0.29, 0.717) is 10.8 Å². The number of benzene rings is 2. The zero-order valence-corrected chi connectivity index (χ0v) is 12.5. The number of rotatable bonds is 4. The van der Waals surface area contributed by atoms with Crippen LogP contribution in [0.3, 0.4) is 0 Å². The molecule has 8 heteroatoms. The Morgan fingerprint density at radius 3 is 2.52 bits per heavy atom. The summed E-state index contributed by atoms with van der Waals surface area (Å²) in [4.78, 5) is 23.4. The number of nitrogens with one attached hydrogen (secondary N) is 2. The molecule has 0 saturated carbocycles. The smallest absolute Gasteiger partial charge is 0.276 e. The molecule has 120 valence electrons. The van der Waals surface area contributed by atoms with Crippen molar-refractivity contribution in [3.8, 4) is 17.2 Å². The van der Waals surface area contributed by atoms with Crippen LogP contribution in [0.25, 0.3) is 0 Å². The van der Waals surface area contributed by atoms with Crippen LogP contribution in [0, 0.1) is 0 Å². The summed E-state index contributed by atoms with van der Waals surface area (Å²) in [5.41, 5.74) is 4.15. The maximum atomic E-state index is 11.8. The van der Waals surface area contributed by atoms with Gasteiger partial charge < -0.3 is 14.9 Å². The summed E-state index contributed by atoms with van der Waals surface area (Å²) in [7, 11) is 0. The largest absolute Gasteiger partial charge is 0.508 e. The van der Waals surface area contributed by atoms with Gasteiger partial charge in [0.2, 0.25) is 0 Å². The minimum Gasteiger partial charge on any atom is -0.508 e. The first-order valence-electron chi connectivity index (χ1n) is 6.46. The summed E-state index contributed by atoms with van der Waals surface area (Å²) in [6, 6.07) is 10.1. The van der Waals surface area contributed by atoms with Crippen LogP contribution in [0.4, 0.5) is 0 Å². The number of halogens is 1. The van der Waals surface area contributed by atoms with Crippen molar-refractivity contribution >= 4 is 23.4 Å². The predicted octanol–water partition coefficient (Wildman–Crippen LogP) is 1.59. The van der Waals surface area contributed by atoms with Crippen molar-refractivity contribution in [2.45, 2.75) is 0 Å². The van der Waals surface area contributed by atoms with Gasteiger partial charge in [0.25, 0.3) is 11.8 Å². The lowest BCUT2D eigenvalue weighted by molar-refractivity contribution is -0.123. The topological polar surface area (TPSA) is 108 Å². The number of hydrazine groups is 1. The van der Waals surface area contributed by atoms with E-state index in [2.05, 4.69) is 10.9 Å². The maximum absolute atomic E-state index is 11.8. The summed E-state index contributed by atoms with van der Waals surface area (Å²) in [5, 5.41) is 19.0. The molecular weight excluding hydrogens is 324 g/mol. The highest BCUT2D eigenvalue weighted by atomic mass is 35.5. The summed E-state index contributed by atoms with van der Waals surface area (Å²) in [5.74, 6) is -1.61. The zero-order valence-electron chi connectivity index (χ0n) is 11.7. The highest BCUT2D eigenvalue weighted by Crippen LogP contribution is 2.23.